The van der Waals surface area contributed by atoms with Gasteiger partial charge in [-0.05, 0) is 19.1 Å². The van der Waals surface area contributed by atoms with E-state index in [9.17, 15) is 8.42 Å². The van der Waals surface area contributed by atoms with Crippen LogP contribution in [0.5, 0.6) is 0 Å². The number of hydrogen-bond donors (Lipinski definition) is 0. The van der Waals surface area contributed by atoms with Gasteiger partial charge in [0.25, 0.3) is 0 Å². The van der Waals surface area contributed by atoms with E-state index < -0.39 is 15.2 Å². The lowest BCUT2D eigenvalue weighted by Crippen LogP contribution is -2.21. The minimum Gasteiger partial charge on any atom is -0.371 e. The standard InChI is InChI=1S/C11H13ClO3S/c1-8-2-4-9(5-3-8)16(13,14)7-10(12)11-6-15-11/h2-5,10-11H,6-7H2,1H3. The minimum atomic E-state index is -3.29. The highest BCUT2D eigenvalue weighted by Gasteiger charge is 2.34. The van der Waals surface area contributed by atoms with Crippen LogP contribution in [0.3, 0.4) is 0 Å². The van der Waals surface area contributed by atoms with Crippen molar-refractivity contribution in [1.82, 2.24) is 0 Å². The predicted molar refractivity (Wildman–Crippen MR) is 62.6 cm³/mol. The summed E-state index contributed by atoms with van der Waals surface area (Å²) in [6.45, 7) is 2.48. The van der Waals surface area contributed by atoms with E-state index in [0.717, 1.165) is 5.56 Å². The number of epoxide rings is 1. The van der Waals surface area contributed by atoms with Gasteiger partial charge in [-0.15, -0.1) is 11.6 Å². The van der Waals surface area contributed by atoms with E-state index in [1.54, 1.807) is 24.3 Å². The van der Waals surface area contributed by atoms with Crippen LogP contribution in [0.2, 0.25) is 0 Å². The van der Waals surface area contributed by atoms with Crippen LogP contribution >= 0.6 is 11.6 Å². The molecule has 1 fully saturated rings. The molecule has 1 aliphatic heterocycles. The summed E-state index contributed by atoms with van der Waals surface area (Å²) >= 11 is 5.94. The molecule has 1 heterocycles. The largest absolute Gasteiger partial charge is 0.371 e. The summed E-state index contributed by atoms with van der Waals surface area (Å²) in [4.78, 5) is 0.324. The molecule has 1 aromatic rings. The molecule has 0 saturated carbocycles. The molecule has 2 rings (SSSR count). The number of halogens is 1. The quantitative estimate of drug-likeness (QED) is 0.612. The number of benzene rings is 1. The molecule has 0 amide bonds. The zero-order chi connectivity index (χ0) is 11.8. The third-order valence-corrected chi connectivity index (χ3v) is 4.93. The van der Waals surface area contributed by atoms with Crippen molar-refractivity contribution >= 4 is 21.4 Å². The summed E-state index contributed by atoms with van der Waals surface area (Å²) in [7, 11) is -3.29. The molecule has 1 aromatic carbocycles. The molecule has 3 nitrogen and oxygen atoms in total. The van der Waals surface area contributed by atoms with E-state index in [0.29, 0.717) is 11.5 Å². The van der Waals surface area contributed by atoms with Crippen molar-refractivity contribution in [3.05, 3.63) is 29.8 Å². The molecule has 5 heteroatoms. The first-order chi connectivity index (χ1) is 7.49. The van der Waals surface area contributed by atoms with Crippen LogP contribution in [-0.2, 0) is 14.6 Å². The number of ether oxygens (including phenoxy) is 1. The second-order valence-corrected chi connectivity index (χ2v) is 6.58. The van der Waals surface area contributed by atoms with Gasteiger partial charge >= 0.3 is 0 Å². The molecule has 88 valence electrons. The Kier molecular flexibility index (Phi) is 3.24. The van der Waals surface area contributed by atoms with E-state index in [1.807, 2.05) is 6.92 Å². The monoisotopic (exact) mass is 260 g/mol. The van der Waals surface area contributed by atoms with E-state index in [1.165, 1.54) is 0 Å². The van der Waals surface area contributed by atoms with E-state index in [-0.39, 0.29) is 11.9 Å². The van der Waals surface area contributed by atoms with Crippen LogP contribution in [0.1, 0.15) is 5.56 Å². The molecule has 2 unspecified atom stereocenters. The van der Waals surface area contributed by atoms with Crippen molar-refractivity contribution in [1.29, 1.82) is 0 Å². The van der Waals surface area contributed by atoms with Crippen molar-refractivity contribution < 1.29 is 13.2 Å². The summed E-state index contributed by atoms with van der Waals surface area (Å²) in [6.07, 6.45) is -0.0955. The van der Waals surface area contributed by atoms with Crippen LogP contribution in [0.4, 0.5) is 0 Å². The number of aryl methyl sites for hydroxylation is 1. The van der Waals surface area contributed by atoms with Gasteiger partial charge < -0.3 is 4.74 Å². The number of hydrogen-bond acceptors (Lipinski definition) is 3. The lowest BCUT2D eigenvalue weighted by atomic mass is 10.2. The Morgan fingerprint density at radius 3 is 2.50 bits per heavy atom. The Morgan fingerprint density at radius 1 is 1.44 bits per heavy atom. The molecule has 0 radical (unpaired) electrons. The topological polar surface area (TPSA) is 46.7 Å². The van der Waals surface area contributed by atoms with Gasteiger partial charge in [0.05, 0.1) is 28.7 Å². The molecule has 0 spiro atoms. The number of rotatable bonds is 4. The van der Waals surface area contributed by atoms with Crippen molar-refractivity contribution in [3.63, 3.8) is 0 Å². The molecule has 2 atom stereocenters. The van der Waals surface area contributed by atoms with E-state index >= 15 is 0 Å². The highest BCUT2D eigenvalue weighted by Crippen LogP contribution is 2.23. The first-order valence-corrected chi connectivity index (χ1v) is 7.13. The molecule has 1 aliphatic rings. The van der Waals surface area contributed by atoms with Crippen LogP contribution in [0, 0.1) is 6.92 Å². The van der Waals surface area contributed by atoms with Gasteiger partial charge in [0.2, 0.25) is 0 Å². The highest BCUT2D eigenvalue weighted by atomic mass is 35.5. The van der Waals surface area contributed by atoms with Crippen molar-refractivity contribution in [3.8, 4) is 0 Å². The van der Waals surface area contributed by atoms with Crippen molar-refractivity contribution in [2.24, 2.45) is 0 Å². The van der Waals surface area contributed by atoms with Gasteiger partial charge in [0.1, 0.15) is 0 Å². The van der Waals surface area contributed by atoms with Crippen LogP contribution in [0.25, 0.3) is 0 Å². The fraction of sp³-hybridized carbons (Fsp3) is 0.455. The molecule has 0 bridgehead atoms. The Balaban J connectivity index is 2.14. The first kappa shape index (κ1) is 11.9. The summed E-state index contributed by atoms with van der Waals surface area (Å²) in [5.74, 6) is -0.0672. The second-order valence-electron chi connectivity index (χ2n) is 3.98. The maximum atomic E-state index is 11.9. The molecule has 0 N–H and O–H groups in total. The third kappa shape index (κ3) is 2.75. The summed E-state index contributed by atoms with van der Waals surface area (Å²) in [5.41, 5.74) is 1.03. The number of alkyl halides is 1. The normalized spacial score (nSPS) is 21.8. The Hall–Kier alpha value is -0.580. The lowest BCUT2D eigenvalue weighted by molar-refractivity contribution is 0.405. The smallest absolute Gasteiger partial charge is 0.179 e. The fourth-order valence-corrected chi connectivity index (χ4v) is 3.44. The third-order valence-electron chi connectivity index (χ3n) is 2.52. The Bertz CT molecular complexity index is 463. The lowest BCUT2D eigenvalue weighted by Gasteiger charge is -2.07. The Morgan fingerprint density at radius 2 is 2.00 bits per heavy atom. The van der Waals surface area contributed by atoms with Crippen molar-refractivity contribution in [2.75, 3.05) is 12.4 Å². The predicted octanol–water partition coefficient (Wildman–Crippen LogP) is 1.77. The van der Waals surface area contributed by atoms with Gasteiger partial charge in [-0.1, -0.05) is 17.7 Å². The maximum Gasteiger partial charge on any atom is 0.179 e. The van der Waals surface area contributed by atoms with Crippen LogP contribution in [-0.4, -0.2) is 32.3 Å². The highest BCUT2D eigenvalue weighted by molar-refractivity contribution is 7.91. The first-order valence-electron chi connectivity index (χ1n) is 5.04. The SMILES string of the molecule is Cc1ccc(S(=O)(=O)CC(Cl)C2CO2)cc1. The zero-order valence-electron chi connectivity index (χ0n) is 8.89. The molecule has 16 heavy (non-hydrogen) atoms. The molecule has 0 aromatic heterocycles. The average molecular weight is 261 g/mol. The minimum absolute atomic E-state index is 0.0672. The van der Waals surface area contributed by atoms with Crippen LogP contribution < -0.4 is 0 Å². The Labute approximate surface area is 100 Å². The second kappa shape index (κ2) is 4.35. The molecule has 0 aliphatic carbocycles. The van der Waals surface area contributed by atoms with Gasteiger partial charge in [0, 0.05) is 0 Å². The fourth-order valence-electron chi connectivity index (χ4n) is 1.42. The molecular weight excluding hydrogens is 248 g/mol. The molecule has 1 saturated heterocycles. The summed E-state index contributed by atoms with van der Waals surface area (Å²) < 4.78 is 28.9. The van der Waals surface area contributed by atoms with Gasteiger partial charge in [-0.2, -0.15) is 0 Å². The summed E-state index contributed by atoms with van der Waals surface area (Å²) in [6, 6.07) is 6.79. The zero-order valence-corrected chi connectivity index (χ0v) is 10.5. The average Bonchev–Trinajstić information content (AvgIpc) is 3.00. The van der Waals surface area contributed by atoms with E-state index in [2.05, 4.69) is 0 Å². The van der Waals surface area contributed by atoms with Crippen molar-refractivity contribution in [2.45, 2.75) is 23.3 Å². The van der Waals surface area contributed by atoms with Gasteiger partial charge in [0.15, 0.2) is 9.84 Å². The molecular formula is C11H13ClO3S. The number of sulfone groups is 1. The van der Waals surface area contributed by atoms with Gasteiger partial charge in [-0.25, -0.2) is 8.42 Å². The van der Waals surface area contributed by atoms with E-state index in [4.69, 9.17) is 16.3 Å². The summed E-state index contributed by atoms with van der Waals surface area (Å²) in [5, 5.41) is -0.452. The maximum absolute atomic E-state index is 11.9. The van der Waals surface area contributed by atoms with Gasteiger partial charge in [-0.3, -0.25) is 0 Å². The van der Waals surface area contributed by atoms with Crippen LogP contribution in [0.15, 0.2) is 29.2 Å².